The number of rotatable bonds is 8. The number of anilines is 2. The molecule has 6 aromatic rings. The van der Waals surface area contributed by atoms with Crippen molar-refractivity contribution in [2.24, 2.45) is 0 Å². The van der Waals surface area contributed by atoms with Crippen molar-refractivity contribution in [3.63, 3.8) is 0 Å². The van der Waals surface area contributed by atoms with Gasteiger partial charge in [-0.25, -0.2) is 9.37 Å². The maximum Gasteiger partial charge on any atom is 0.267 e. The normalized spacial score (nSPS) is 11.4. The number of hydrogen-bond acceptors (Lipinski definition) is 5. The van der Waals surface area contributed by atoms with E-state index < -0.39 is 11.7 Å². The highest BCUT2D eigenvalue weighted by molar-refractivity contribution is 7.21. The molecule has 0 unspecified atom stereocenters. The fourth-order valence-corrected chi connectivity index (χ4v) is 6.15. The van der Waals surface area contributed by atoms with Crippen molar-refractivity contribution in [1.82, 2.24) is 4.98 Å². The number of benzene rings is 4. The second-order valence-electron chi connectivity index (χ2n) is 11.0. The lowest BCUT2D eigenvalue weighted by Crippen LogP contribution is -2.12. The van der Waals surface area contributed by atoms with Gasteiger partial charge in [0, 0.05) is 27.8 Å². The molecule has 0 fully saturated rings. The number of pyridine rings is 1. The molecule has 0 aliphatic carbocycles. The van der Waals surface area contributed by atoms with Crippen molar-refractivity contribution >= 4 is 50.7 Å². The molecule has 0 atom stereocenters. The van der Waals surface area contributed by atoms with Crippen LogP contribution in [0.25, 0.3) is 38.7 Å². The third-order valence-corrected chi connectivity index (χ3v) is 8.67. The third kappa shape index (κ3) is 6.30. The summed E-state index contributed by atoms with van der Waals surface area (Å²) in [6.45, 7) is 4.27. The molecule has 0 bridgehead atoms. The number of thiophene rings is 1. The topological polar surface area (TPSA) is 85.1 Å². The van der Waals surface area contributed by atoms with E-state index in [1.165, 1.54) is 17.7 Å². The van der Waals surface area contributed by atoms with E-state index in [2.05, 4.69) is 31.3 Å². The van der Waals surface area contributed by atoms with E-state index in [0.717, 1.165) is 22.5 Å². The maximum absolute atomic E-state index is 15.1. The number of nitrogen functional groups attached to an aromatic ring is 1. The fourth-order valence-electron chi connectivity index (χ4n) is 5.14. The number of nitrogens with zero attached hydrogens (tertiary/aromatic N) is 1. The number of carbonyl (C=O) groups is 2. The van der Waals surface area contributed by atoms with Crippen LogP contribution in [-0.2, 0) is 0 Å². The van der Waals surface area contributed by atoms with E-state index in [1.807, 2.05) is 48.5 Å². The molecule has 222 valence electrons. The molecule has 0 saturated heterocycles. The number of allylic oxidation sites excluding steroid dienone is 1. The predicted octanol–water partition coefficient (Wildman–Crippen LogP) is 9.62. The molecule has 2 heterocycles. The van der Waals surface area contributed by atoms with Crippen LogP contribution in [0.2, 0.25) is 0 Å². The summed E-state index contributed by atoms with van der Waals surface area (Å²) in [5.74, 6) is -0.597. The van der Waals surface area contributed by atoms with Crippen LogP contribution in [0.4, 0.5) is 15.8 Å². The van der Waals surface area contributed by atoms with Crippen LogP contribution in [-0.4, -0.2) is 16.7 Å². The highest BCUT2D eigenvalue weighted by Gasteiger charge is 2.23. The lowest BCUT2D eigenvalue weighted by Gasteiger charge is -2.10. The zero-order chi connectivity index (χ0) is 31.5. The van der Waals surface area contributed by atoms with E-state index in [1.54, 1.807) is 48.5 Å². The molecule has 0 spiro atoms. The van der Waals surface area contributed by atoms with Crippen LogP contribution < -0.4 is 11.1 Å². The van der Waals surface area contributed by atoms with Gasteiger partial charge in [0.15, 0.2) is 5.78 Å². The Labute approximate surface area is 264 Å². The molecule has 3 N–H and O–H groups in total. The predicted molar refractivity (Wildman–Crippen MR) is 183 cm³/mol. The van der Waals surface area contributed by atoms with Crippen molar-refractivity contribution in [2.75, 3.05) is 11.1 Å². The van der Waals surface area contributed by atoms with Gasteiger partial charge in [0.25, 0.3) is 5.91 Å². The van der Waals surface area contributed by atoms with Gasteiger partial charge >= 0.3 is 0 Å². The van der Waals surface area contributed by atoms with Gasteiger partial charge in [-0.2, -0.15) is 0 Å². The quantitative estimate of drug-likeness (QED) is 0.133. The monoisotopic (exact) mass is 611 g/mol. The van der Waals surface area contributed by atoms with E-state index >= 15 is 4.39 Å². The summed E-state index contributed by atoms with van der Waals surface area (Å²) in [5, 5.41) is 3.39. The van der Waals surface area contributed by atoms with Gasteiger partial charge in [0.2, 0.25) is 0 Å². The van der Waals surface area contributed by atoms with Gasteiger partial charge < -0.3 is 11.1 Å². The fraction of sp³-hybridized carbons (Fsp3) is 0.0789. The van der Waals surface area contributed by atoms with Crippen molar-refractivity contribution < 1.29 is 14.0 Å². The summed E-state index contributed by atoms with van der Waals surface area (Å²) in [4.78, 5) is 32.1. The van der Waals surface area contributed by atoms with Crippen LogP contribution in [0.15, 0.2) is 115 Å². The van der Waals surface area contributed by atoms with E-state index in [9.17, 15) is 9.59 Å². The minimum Gasteiger partial charge on any atom is -0.397 e. The molecule has 2 aromatic heterocycles. The minimum absolute atomic E-state index is 0.187. The minimum atomic E-state index is -0.443. The summed E-state index contributed by atoms with van der Waals surface area (Å²) in [6, 6.07) is 32.7. The Morgan fingerprint density at radius 3 is 2.33 bits per heavy atom. The van der Waals surface area contributed by atoms with Crippen LogP contribution in [0.1, 0.15) is 50.9 Å². The standard InChI is InChI=1S/C38H30FN3O2S/c1-23(2)25-18-15-24(16-19-25)17-20-33(43)27-11-8-12-28(21-27)41-37(44)36-35(40)34-30(29-13-6-7-14-31(29)39)22-32(42-38(34)45-36)26-9-4-3-5-10-26/h3-23H,40H2,1-2H3,(H,41,44). The van der Waals surface area contributed by atoms with Crippen molar-refractivity contribution in [2.45, 2.75) is 19.8 Å². The summed E-state index contributed by atoms with van der Waals surface area (Å²) < 4.78 is 15.1. The van der Waals surface area contributed by atoms with Gasteiger partial charge in [-0.1, -0.05) is 105 Å². The zero-order valence-corrected chi connectivity index (χ0v) is 25.6. The van der Waals surface area contributed by atoms with Gasteiger partial charge in [-0.15, -0.1) is 11.3 Å². The van der Waals surface area contributed by atoms with Crippen LogP contribution >= 0.6 is 11.3 Å². The number of fused-ring (bicyclic) bond motifs is 1. The summed E-state index contributed by atoms with van der Waals surface area (Å²) >= 11 is 1.14. The first kappa shape index (κ1) is 29.7. The Bertz CT molecular complexity index is 2070. The van der Waals surface area contributed by atoms with Gasteiger partial charge in [-0.05, 0) is 52.9 Å². The number of hydrogen-bond donors (Lipinski definition) is 2. The number of ketones is 1. The average molecular weight is 612 g/mol. The number of nitrogens with one attached hydrogen (secondary N) is 1. The molecule has 5 nitrogen and oxygen atoms in total. The van der Waals surface area contributed by atoms with Crippen LogP contribution in [0.5, 0.6) is 0 Å². The maximum atomic E-state index is 15.1. The van der Waals surface area contributed by atoms with Crippen molar-refractivity contribution in [3.8, 4) is 22.4 Å². The second-order valence-corrected chi connectivity index (χ2v) is 12.0. The Morgan fingerprint density at radius 2 is 1.60 bits per heavy atom. The number of carbonyl (C=O) groups excluding carboxylic acids is 2. The number of amides is 1. The van der Waals surface area contributed by atoms with Crippen molar-refractivity contribution in [3.05, 3.63) is 143 Å². The molecule has 1 amide bonds. The SMILES string of the molecule is CC(C)c1ccc(C=CC(=O)c2cccc(NC(=O)c3sc4nc(-c5ccccc5)cc(-c5ccccc5F)c4c3N)c2)cc1. The molecule has 4 aromatic carbocycles. The molecule has 0 aliphatic rings. The lowest BCUT2D eigenvalue weighted by molar-refractivity contribution is 0.102. The number of aromatic nitrogens is 1. The Hall–Kier alpha value is -5.40. The highest BCUT2D eigenvalue weighted by atomic mass is 32.1. The Morgan fingerprint density at radius 1 is 0.867 bits per heavy atom. The summed E-state index contributed by atoms with van der Waals surface area (Å²) in [5.41, 5.74) is 12.3. The molecule has 45 heavy (non-hydrogen) atoms. The van der Waals surface area contributed by atoms with Gasteiger partial charge in [0.1, 0.15) is 15.5 Å². The number of nitrogens with two attached hydrogens (primary N) is 1. The van der Waals surface area contributed by atoms with Crippen molar-refractivity contribution in [1.29, 1.82) is 0 Å². The van der Waals surface area contributed by atoms with E-state index in [-0.39, 0.29) is 16.3 Å². The molecule has 0 radical (unpaired) electrons. The molecular formula is C38H30FN3O2S. The molecule has 6 rings (SSSR count). The van der Waals surface area contributed by atoms with E-state index in [4.69, 9.17) is 10.7 Å². The van der Waals surface area contributed by atoms with E-state index in [0.29, 0.717) is 44.2 Å². The van der Waals surface area contributed by atoms with Gasteiger partial charge in [-0.3, -0.25) is 9.59 Å². The Kier molecular flexibility index (Phi) is 8.36. The first-order valence-electron chi connectivity index (χ1n) is 14.6. The third-order valence-electron chi connectivity index (χ3n) is 7.57. The molecule has 7 heteroatoms. The summed E-state index contributed by atoms with van der Waals surface area (Å²) in [6.07, 6.45) is 3.30. The average Bonchev–Trinajstić information content (AvgIpc) is 3.40. The lowest BCUT2D eigenvalue weighted by atomic mass is 9.99. The van der Waals surface area contributed by atoms with Gasteiger partial charge in [0.05, 0.1) is 11.4 Å². The zero-order valence-electron chi connectivity index (χ0n) is 24.8. The van der Waals surface area contributed by atoms with Crippen LogP contribution in [0, 0.1) is 5.82 Å². The smallest absolute Gasteiger partial charge is 0.267 e. The highest BCUT2D eigenvalue weighted by Crippen LogP contribution is 2.42. The largest absolute Gasteiger partial charge is 0.397 e. The number of halogens is 1. The first-order chi connectivity index (χ1) is 21.8. The van der Waals surface area contributed by atoms with Crippen LogP contribution in [0.3, 0.4) is 0 Å². The first-order valence-corrected chi connectivity index (χ1v) is 15.4. The Balaban J connectivity index is 1.30. The molecule has 0 saturated carbocycles. The molecule has 0 aliphatic heterocycles. The summed E-state index contributed by atoms with van der Waals surface area (Å²) in [7, 11) is 0. The molecular weight excluding hydrogens is 582 g/mol. The second kappa shape index (κ2) is 12.7.